The monoisotopic (exact) mass is 510 g/mol. The summed E-state index contributed by atoms with van der Waals surface area (Å²) in [6, 6.07) is 4.88. The number of aromatic amines is 2. The second-order valence-corrected chi connectivity index (χ2v) is 9.50. The van der Waals surface area contributed by atoms with Gasteiger partial charge in [0.15, 0.2) is 29.9 Å². The molecule has 37 heavy (non-hydrogen) atoms. The summed E-state index contributed by atoms with van der Waals surface area (Å²) in [5, 5.41) is 14.2. The number of aromatic nitrogens is 3. The first-order chi connectivity index (χ1) is 17.9. The highest BCUT2D eigenvalue weighted by molar-refractivity contribution is 5.94. The second-order valence-electron chi connectivity index (χ2n) is 9.50. The van der Waals surface area contributed by atoms with E-state index >= 15 is 0 Å². The van der Waals surface area contributed by atoms with Gasteiger partial charge in [0.1, 0.15) is 11.7 Å². The Balaban J connectivity index is 1.38. The molecule has 1 aliphatic carbocycles. The van der Waals surface area contributed by atoms with Gasteiger partial charge in [0.2, 0.25) is 0 Å². The van der Waals surface area contributed by atoms with Crippen LogP contribution < -0.4 is 15.4 Å². The number of nitrogens with one attached hydrogen (secondary N) is 4. The molecule has 2 fully saturated rings. The zero-order chi connectivity index (χ0) is 25.9. The lowest BCUT2D eigenvalue weighted by Crippen LogP contribution is -2.52. The third kappa shape index (κ3) is 5.66. The van der Waals surface area contributed by atoms with E-state index in [1.165, 1.54) is 12.8 Å². The van der Waals surface area contributed by atoms with Crippen molar-refractivity contribution in [2.75, 3.05) is 31.7 Å². The normalized spacial score (nSPS) is 18.9. The smallest absolute Gasteiger partial charge is 0.181 e. The quantitative estimate of drug-likeness (QED) is 0.252. The Morgan fingerprint density at radius 3 is 2.92 bits per heavy atom. The van der Waals surface area contributed by atoms with Gasteiger partial charge in [-0.1, -0.05) is 6.92 Å². The van der Waals surface area contributed by atoms with Crippen molar-refractivity contribution in [1.82, 2.24) is 25.4 Å². The van der Waals surface area contributed by atoms with Crippen LogP contribution in [0.15, 0.2) is 40.1 Å². The molecule has 1 aliphatic heterocycles. The third-order valence-electron chi connectivity index (χ3n) is 6.73. The molecule has 0 bridgehead atoms. The Kier molecular flexibility index (Phi) is 7.22. The fourth-order valence-electron chi connectivity index (χ4n) is 4.53. The highest BCUT2D eigenvalue weighted by Gasteiger charge is 2.26. The Bertz CT molecular complexity index is 1340. The number of benzene rings is 1. The van der Waals surface area contributed by atoms with Crippen LogP contribution in [0.2, 0.25) is 0 Å². The largest absolute Gasteiger partial charge is 0.468 e. The number of fused-ring (bicyclic) bond motifs is 1. The van der Waals surface area contributed by atoms with Gasteiger partial charge < -0.3 is 25.3 Å². The minimum atomic E-state index is -0.624. The molecular formula is C26H32F2N8O. The van der Waals surface area contributed by atoms with Gasteiger partial charge in [-0.05, 0) is 39.0 Å². The molecule has 1 unspecified atom stereocenters. The van der Waals surface area contributed by atoms with Crippen LogP contribution in [0.4, 0.5) is 14.6 Å². The molecular weight excluding hydrogens is 478 g/mol. The highest BCUT2D eigenvalue weighted by atomic mass is 19.1. The summed E-state index contributed by atoms with van der Waals surface area (Å²) < 4.78 is 35.1. The number of amidine groups is 1. The average molecular weight is 511 g/mol. The summed E-state index contributed by atoms with van der Waals surface area (Å²) in [5.41, 5.74) is 1.89. The number of hydrogen-bond acceptors (Lipinski definition) is 6. The first-order valence-electron chi connectivity index (χ1n) is 12.6. The summed E-state index contributed by atoms with van der Waals surface area (Å²) in [5.74, 6) is 0.883. The van der Waals surface area contributed by atoms with Crippen LogP contribution in [0.3, 0.4) is 0 Å². The van der Waals surface area contributed by atoms with E-state index in [1.807, 2.05) is 6.07 Å². The average Bonchev–Trinajstić information content (AvgIpc) is 3.52. The molecule has 1 saturated heterocycles. The molecule has 2 aromatic heterocycles. The topological polar surface area (TPSA) is 106 Å². The first-order valence-corrected chi connectivity index (χ1v) is 12.6. The van der Waals surface area contributed by atoms with Crippen molar-refractivity contribution in [2.45, 2.75) is 45.1 Å². The lowest BCUT2D eigenvalue weighted by molar-refractivity contribution is 0.278. The van der Waals surface area contributed by atoms with Crippen molar-refractivity contribution in [3.8, 4) is 5.75 Å². The maximum atomic E-state index is 15.0. The van der Waals surface area contributed by atoms with Crippen molar-refractivity contribution in [3.05, 3.63) is 53.1 Å². The van der Waals surface area contributed by atoms with Gasteiger partial charge in [-0.3, -0.25) is 5.10 Å². The molecule has 3 aromatic rings. The Hall–Kier alpha value is -3.73. The number of rotatable bonds is 9. The summed E-state index contributed by atoms with van der Waals surface area (Å²) in [6.07, 6.45) is 5.08. The van der Waals surface area contributed by atoms with Gasteiger partial charge >= 0.3 is 0 Å². The van der Waals surface area contributed by atoms with Gasteiger partial charge in [-0.25, -0.2) is 18.8 Å². The molecule has 196 valence electrons. The van der Waals surface area contributed by atoms with Crippen molar-refractivity contribution in [1.29, 1.82) is 0 Å². The summed E-state index contributed by atoms with van der Waals surface area (Å²) in [4.78, 5) is 13.7. The van der Waals surface area contributed by atoms with Crippen LogP contribution in [0.1, 0.15) is 43.5 Å². The van der Waals surface area contributed by atoms with E-state index in [9.17, 15) is 8.78 Å². The molecule has 1 atom stereocenters. The molecule has 4 N–H and O–H groups in total. The van der Waals surface area contributed by atoms with Gasteiger partial charge in [-0.2, -0.15) is 5.10 Å². The van der Waals surface area contributed by atoms with Crippen molar-refractivity contribution in [2.24, 2.45) is 9.98 Å². The summed E-state index contributed by atoms with van der Waals surface area (Å²) >= 11 is 0. The lowest BCUT2D eigenvalue weighted by atomic mass is 10.1. The van der Waals surface area contributed by atoms with E-state index in [1.54, 1.807) is 19.1 Å². The van der Waals surface area contributed by atoms with Crippen molar-refractivity contribution >= 4 is 29.3 Å². The number of ether oxygens (including phenoxy) is 1. The lowest BCUT2D eigenvalue weighted by Gasteiger charge is -2.34. The Labute approximate surface area is 214 Å². The number of aliphatic imine (C=N–C) groups is 2. The number of anilines is 1. The van der Waals surface area contributed by atoms with E-state index in [2.05, 4.69) is 54.3 Å². The fourth-order valence-corrected chi connectivity index (χ4v) is 4.53. The summed E-state index contributed by atoms with van der Waals surface area (Å²) in [7, 11) is 0. The zero-order valence-electron chi connectivity index (χ0n) is 21.1. The molecule has 1 aromatic carbocycles. The van der Waals surface area contributed by atoms with Gasteiger partial charge in [0.05, 0.1) is 5.52 Å². The maximum absolute atomic E-state index is 15.0. The molecule has 1 saturated carbocycles. The van der Waals surface area contributed by atoms with E-state index in [0.717, 1.165) is 37.8 Å². The van der Waals surface area contributed by atoms with Crippen LogP contribution >= 0.6 is 0 Å². The van der Waals surface area contributed by atoms with Crippen LogP contribution in [0.25, 0.3) is 10.9 Å². The Morgan fingerprint density at radius 1 is 1.32 bits per heavy atom. The number of halogens is 2. The van der Waals surface area contributed by atoms with E-state index in [-0.39, 0.29) is 23.4 Å². The predicted molar refractivity (Wildman–Crippen MR) is 141 cm³/mol. The second kappa shape index (κ2) is 10.7. The fraction of sp³-hybridized carbons (Fsp3) is 0.423. The number of hydrogen-bond donors (Lipinski definition) is 4. The van der Waals surface area contributed by atoms with Gasteiger partial charge in [0.25, 0.3) is 0 Å². The molecule has 9 nitrogen and oxygen atoms in total. The first kappa shape index (κ1) is 24.9. The number of aryl methyl sites for hydroxylation is 1. The third-order valence-corrected chi connectivity index (χ3v) is 6.73. The minimum absolute atomic E-state index is 0.122. The number of nitrogens with zero attached hydrogens (tertiary/aromatic N) is 4. The van der Waals surface area contributed by atoms with E-state index in [0.29, 0.717) is 35.1 Å². The van der Waals surface area contributed by atoms with Crippen LogP contribution in [0, 0.1) is 18.6 Å². The predicted octanol–water partition coefficient (Wildman–Crippen LogP) is 4.43. The molecule has 2 aliphatic rings. The maximum Gasteiger partial charge on any atom is 0.181 e. The van der Waals surface area contributed by atoms with Gasteiger partial charge in [0, 0.05) is 66.6 Å². The Morgan fingerprint density at radius 2 is 2.16 bits per heavy atom. The van der Waals surface area contributed by atoms with Gasteiger partial charge in [-0.15, -0.1) is 0 Å². The molecule has 0 spiro atoms. The van der Waals surface area contributed by atoms with Crippen LogP contribution in [-0.4, -0.2) is 65.0 Å². The molecule has 0 amide bonds. The van der Waals surface area contributed by atoms with Crippen LogP contribution in [-0.2, 0) is 0 Å². The van der Waals surface area contributed by atoms with E-state index in [4.69, 9.17) is 4.74 Å². The molecule has 11 heteroatoms. The molecule has 3 heterocycles. The minimum Gasteiger partial charge on any atom is -0.468 e. The SMILES string of the molecule is C=N/C(=C\C(=N/COc1cc(F)c2[nH]c(C)cc2c1F)N1CCNC(CC)C1)Nc1cc(C2CC2)[nH]n1. The number of piperazine rings is 1. The van der Waals surface area contributed by atoms with Crippen molar-refractivity contribution in [3.63, 3.8) is 0 Å². The molecule has 0 radical (unpaired) electrons. The standard InChI is InChI=1S/C26H32F2N8O/c1-4-17-13-36(8-7-30-17)24(12-22(29-3)33-23-11-20(34-35-23)16-5-6-16)31-14-37-21-10-19(27)26-18(25(21)28)9-15(2)32-26/h9-12,16-17,30,32H,3-8,13-14H2,1-2H3,(H2,33,34,35)/b22-12+,31-24+. The highest BCUT2D eigenvalue weighted by Crippen LogP contribution is 2.39. The van der Waals surface area contributed by atoms with Crippen LogP contribution in [0.5, 0.6) is 5.75 Å². The van der Waals surface area contributed by atoms with E-state index < -0.39 is 11.6 Å². The number of H-pyrrole nitrogens is 2. The summed E-state index contributed by atoms with van der Waals surface area (Å²) in [6.45, 7) is 9.62. The zero-order valence-corrected chi connectivity index (χ0v) is 21.1. The van der Waals surface area contributed by atoms with Crippen molar-refractivity contribution < 1.29 is 13.5 Å². The molecule has 5 rings (SSSR count).